The van der Waals surface area contributed by atoms with Crippen molar-refractivity contribution in [3.05, 3.63) is 0 Å². The van der Waals surface area contributed by atoms with E-state index in [1.165, 1.54) is 0 Å². The zero-order valence-electron chi connectivity index (χ0n) is 8.23. The van der Waals surface area contributed by atoms with Crippen LogP contribution in [0.4, 0.5) is 0 Å². The van der Waals surface area contributed by atoms with Crippen molar-refractivity contribution >= 4 is 5.91 Å². The first-order chi connectivity index (χ1) is 6.07. The standard InChI is InChI=1S/C9H18N2O2/c1-6(2)8(5-12)11-4-3-7(10)9(11)13/h6-8,12H,3-5,10H2,1-2H3. The number of likely N-dealkylation sites (tertiary alicyclic amines) is 1. The molecule has 4 heteroatoms. The van der Waals surface area contributed by atoms with E-state index in [1.54, 1.807) is 4.90 Å². The first kappa shape index (κ1) is 10.5. The number of nitrogens with two attached hydrogens (primary N) is 1. The summed E-state index contributed by atoms with van der Waals surface area (Å²) in [5.74, 6) is 0.256. The molecule has 1 aliphatic rings. The van der Waals surface area contributed by atoms with E-state index in [0.29, 0.717) is 13.0 Å². The number of aliphatic hydroxyl groups excluding tert-OH is 1. The molecule has 0 aromatic carbocycles. The molecule has 0 aromatic heterocycles. The van der Waals surface area contributed by atoms with Gasteiger partial charge in [-0.25, -0.2) is 0 Å². The lowest BCUT2D eigenvalue weighted by Crippen LogP contribution is -2.45. The fourth-order valence-electron chi connectivity index (χ4n) is 1.72. The van der Waals surface area contributed by atoms with Gasteiger partial charge in [0, 0.05) is 6.54 Å². The number of amides is 1. The Labute approximate surface area is 78.7 Å². The monoisotopic (exact) mass is 186 g/mol. The summed E-state index contributed by atoms with van der Waals surface area (Å²) in [7, 11) is 0. The van der Waals surface area contributed by atoms with Gasteiger partial charge in [-0.15, -0.1) is 0 Å². The lowest BCUT2D eigenvalue weighted by atomic mass is 10.0. The molecule has 0 aliphatic carbocycles. The molecule has 1 amide bonds. The molecule has 2 atom stereocenters. The third-order valence-corrected chi connectivity index (χ3v) is 2.64. The molecule has 1 fully saturated rings. The van der Waals surface area contributed by atoms with Crippen molar-refractivity contribution < 1.29 is 9.90 Å². The first-order valence-corrected chi connectivity index (χ1v) is 4.74. The number of carbonyl (C=O) groups excluding carboxylic acids is 1. The summed E-state index contributed by atoms with van der Waals surface area (Å²) in [6.45, 7) is 4.70. The minimum absolute atomic E-state index is 0.0206. The molecule has 3 N–H and O–H groups in total. The minimum Gasteiger partial charge on any atom is -0.394 e. The Bertz CT molecular complexity index is 194. The van der Waals surface area contributed by atoms with Crippen LogP contribution < -0.4 is 5.73 Å². The summed E-state index contributed by atoms with van der Waals surface area (Å²) in [6.07, 6.45) is 0.710. The van der Waals surface area contributed by atoms with Crippen molar-refractivity contribution in [1.82, 2.24) is 4.90 Å². The van der Waals surface area contributed by atoms with Gasteiger partial charge >= 0.3 is 0 Å². The van der Waals surface area contributed by atoms with Crippen molar-refractivity contribution in [2.24, 2.45) is 11.7 Å². The zero-order valence-corrected chi connectivity index (χ0v) is 8.23. The van der Waals surface area contributed by atoms with Crippen LogP contribution in [-0.2, 0) is 4.79 Å². The highest BCUT2D eigenvalue weighted by atomic mass is 16.3. The second kappa shape index (κ2) is 4.07. The highest BCUT2D eigenvalue weighted by Gasteiger charge is 2.34. The SMILES string of the molecule is CC(C)C(CO)N1CCC(N)C1=O. The molecule has 0 bridgehead atoms. The normalized spacial score (nSPS) is 25.8. The van der Waals surface area contributed by atoms with Crippen LogP contribution in [0.5, 0.6) is 0 Å². The van der Waals surface area contributed by atoms with Crippen molar-refractivity contribution in [2.45, 2.75) is 32.4 Å². The molecule has 13 heavy (non-hydrogen) atoms. The molecule has 76 valence electrons. The quantitative estimate of drug-likeness (QED) is 0.628. The van der Waals surface area contributed by atoms with Crippen molar-refractivity contribution in [2.75, 3.05) is 13.2 Å². The highest BCUT2D eigenvalue weighted by Crippen LogP contribution is 2.17. The third kappa shape index (κ3) is 2.00. The molecule has 4 nitrogen and oxygen atoms in total. The maximum atomic E-state index is 11.5. The van der Waals surface area contributed by atoms with E-state index >= 15 is 0 Å². The van der Waals surface area contributed by atoms with Gasteiger partial charge in [0.25, 0.3) is 0 Å². The van der Waals surface area contributed by atoms with E-state index in [9.17, 15) is 4.79 Å². The van der Waals surface area contributed by atoms with E-state index in [1.807, 2.05) is 13.8 Å². The molecule has 0 radical (unpaired) electrons. The third-order valence-electron chi connectivity index (χ3n) is 2.64. The summed E-state index contributed by atoms with van der Waals surface area (Å²) < 4.78 is 0. The minimum atomic E-state index is -0.354. The van der Waals surface area contributed by atoms with Gasteiger partial charge in [-0.3, -0.25) is 4.79 Å². The number of rotatable bonds is 3. The van der Waals surface area contributed by atoms with Crippen LogP contribution in [0.1, 0.15) is 20.3 Å². The maximum Gasteiger partial charge on any atom is 0.239 e. The van der Waals surface area contributed by atoms with Crippen LogP contribution in [0.2, 0.25) is 0 Å². The average molecular weight is 186 g/mol. The number of hydrogen-bond acceptors (Lipinski definition) is 3. The fourth-order valence-corrected chi connectivity index (χ4v) is 1.72. The summed E-state index contributed by atoms with van der Waals surface area (Å²) in [4.78, 5) is 13.2. The predicted molar refractivity (Wildman–Crippen MR) is 50.0 cm³/mol. The van der Waals surface area contributed by atoms with Gasteiger partial charge in [-0.1, -0.05) is 13.8 Å². The summed E-state index contributed by atoms with van der Waals surface area (Å²) in [5.41, 5.74) is 5.59. The molecule has 1 aliphatic heterocycles. The summed E-state index contributed by atoms with van der Waals surface area (Å²) in [6, 6.07) is -0.422. The van der Waals surface area contributed by atoms with Gasteiger partial charge in [0.05, 0.1) is 18.7 Å². The average Bonchev–Trinajstić information content (AvgIpc) is 2.37. The van der Waals surface area contributed by atoms with E-state index in [2.05, 4.69) is 0 Å². The maximum absolute atomic E-state index is 11.5. The van der Waals surface area contributed by atoms with Crippen molar-refractivity contribution in [3.63, 3.8) is 0 Å². The van der Waals surface area contributed by atoms with Crippen LogP contribution in [-0.4, -0.2) is 41.1 Å². The number of hydrogen-bond donors (Lipinski definition) is 2. The number of carbonyl (C=O) groups is 1. The highest BCUT2D eigenvalue weighted by molar-refractivity contribution is 5.84. The second-order valence-electron chi connectivity index (χ2n) is 3.92. The Kier molecular flexibility index (Phi) is 3.27. The van der Waals surface area contributed by atoms with Crippen LogP contribution in [0.15, 0.2) is 0 Å². The Morgan fingerprint density at radius 2 is 2.31 bits per heavy atom. The van der Waals surface area contributed by atoms with E-state index in [-0.39, 0.29) is 30.5 Å². The molecule has 1 rings (SSSR count). The lowest BCUT2D eigenvalue weighted by Gasteiger charge is -2.29. The van der Waals surface area contributed by atoms with Crippen LogP contribution >= 0.6 is 0 Å². The Morgan fingerprint density at radius 1 is 1.69 bits per heavy atom. The predicted octanol–water partition coefficient (Wildman–Crippen LogP) is -0.437. The Balaban J connectivity index is 2.65. The second-order valence-corrected chi connectivity index (χ2v) is 3.92. The molecule has 1 saturated heterocycles. The largest absolute Gasteiger partial charge is 0.394 e. The molecule has 2 unspecified atom stereocenters. The van der Waals surface area contributed by atoms with Gasteiger partial charge in [0.15, 0.2) is 0 Å². The summed E-state index contributed by atoms with van der Waals surface area (Å²) >= 11 is 0. The molecule has 0 spiro atoms. The van der Waals surface area contributed by atoms with Crippen LogP contribution in [0.3, 0.4) is 0 Å². The fraction of sp³-hybridized carbons (Fsp3) is 0.889. The number of nitrogens with zero attached hydrogens (tertiary/aromatic N) is 1. The molecule has 1 heterocycles. The van der Waals surface area contributed by atoms with Gasteiger partial charge < -0.3 is 15.7 Å². The van der Waals surface area contributed by atoms with E-state index < -0.39 is 0 Å². The first-order valence-electron chi connectivity index (χ1n) is 4.74. The molecule has 0 aromatic rings. The Morgan fingerprint density at radius 3 is 2.62 bits per heavy atom. The van der Waals surface area contributed by atoms with Gasteiger partial charge in [-0.2, -0.15) is 0 Å². The van der Waals surface area contributed by atoms with Gasteiger partial charge in [0.1, 0.15) is 0 Å². The zero-order chi connectivity index (χ0) is 10.0. The van der Waals surface area contributed by atoms with Crippen molar-refractivity contribution in [3.8, 4) is 0 Å². The molecular weight excluding hydrogens is 168 g/mol. The van der Waals surface area contributed by atoms with Crippen LogP contribution in [0, 0.1) is 5.92 Å². The summed E-state index contributed by atoms with van der Waals surface area (Å²) in [5, 5.41) is 9.13. The van der Waals surface area contributed by atoms with Crippen molar-refractivity contribution in [1.29, 1.82) is 0 Å². The van der Waals surface area contributed by atoms with E-state index in [4.69, 9.17) is 10.8 Å². The van der Waals surface area contributed by atoms with Crippen LogP contribution in [0.25, 0.3) is 0 Å². The van der Waals surface area contributed by atoms with E-state index in [0.717, 1.165) is 0 Å². The number of aliphatic hydroxyl groups is 1. The smallest absolute Gasteiger partial charge is 0.239 e. The lowest BCUT2D eigenvalue weighted by molar-refractivity contribution is -0.132. The topological polar surface area (TPSA) is 66.6 Å². The molecular formula is C9H18N2O2. The molecule has 0 saturated carbocycles. The Hall–Kier alpha value is -0.610. The van der Waals surface area contributed by atoms with Gasteiger partial charge in [0.2, 0.25) is 5.91 Å². The van der Waals surface area contributed by atoms with Gasteiger partial charge in [-0.05, 0) is 12.3 Å².